The molecule has 3 rings (SSSR count). The highest BCUT2D eigenvalue weighted by Gasteiger charge is 2.29. The first-order valence-electron chi connectivity index (χ1n) is 9.36. The van der Waals surface area contributed by atoms with Gasteiger partial charge in [0.1, 0.15) is 5.60 Å². The zero-order valence-electron chi connectivity index (χ0n) is 16.7. The highest BCUT2D eigenvalue weighted by molar-refractivity contribution is 5.70. The Kier molecular flexibility index (Phi) is 5.51. The second-order valence-corrected chi connectivity index (χ2v) is 8.12. The smallest absolute Gasteiger partial charge is 0.407 e. The minimum absolute atomic E-state index is 0.0733. The topological polar surface area (TPSA) is 60.5 Å². The molecule has 2 heterocycles. The lowest BCUT2D eigenvalue weighted by atomic mass is 9.84. The lowest BCUT2D eigenvalue weighted by Crippen LogP contribution is -2.42. The van der Waals surface area contributed by atoms with E-state index in [9.17, 15) is 4.79 Å². The zero-order valence-corrected chi connectivity index (χ0v) is 16.7. The first-order chi connectivity index (χ1) is 12.7. The minimum atomic E-state index is -0.517. The molecule has 5 heteroatoms. The Balaban J connectivity index is 1.86. The van der Waals surface area contributed by atoms with Crippen molar-refractivity contribution in [3.8, 4) is 11.1 Å². The summed E-state index contributed by atoms with van der Waals surface area (Å²) in [5, 5.41) is 2.96. The van der Waals surface area contributed by atoms with Crippen molar-refractivity contribution in [2.24, 2.45) is 0 Å². The van der Waals surface area contributed by atoms with Gasteiger partial charge in [-0.1, -0.05) is 18.2 Å². The molecule has 2 aromatic rings. The fourth-order valence-corrected chi connectivity index (χ4v) is 3.48. The van der Waals surface area contributed by atoms with Gasteiger partial charge in [-0.25, -0.2) is 4.79 Å². The van der Waals surface area contributed by atoms with Gasteiger partial charge in [0, 0.05) is 23.9 Å². The van der Waals surface area contributed by atoms with Crippen LogP contribution < -0.4 is 5.32 Å². The molecule has 1 N–H and O–H groups in total. The van der Waals surface area contributed by atoms with Gasteiger partial charge in [0.2, 0.25) is 0 Å². The van der Waals surface area contributed by atoms with E-state index in [4.69, 9.17) is 9.47 Å². The molecule has 1 aromatic heterocycles. The summed E-state index contributed by atoms with van der Waals surface area (Å²) in [7, 11) is 0. The molecule has 0 saturated heterocycles. The quantitative estimate of drug-likeness (QED) is 0.861. The maximum Gasteiger partial charge on any atom is 0.407 e. The minimum Gasteiger partial charge on any atom is -0.444 e. The van der Waals surface area contributed by atoms with E-state index < -0.39 is 11.7 Å². The maximum atomic E-state index is 12.2. The normalized spacial score (nSPS) is 17.7. The van der Waals surface area contributed by atoms with Crippen molar-refractivity contribution in [2.75, 3.05) is 6.61 Å². The van der Waals surface area contributed by atoms with Crippen LogP contribution >= 0.6 is 0 Å². The van der Waals surface area contributed by atoms with Crippen molar-refractivity contribution in [2.45, 2.75) is 58.8 Å². The number of benzene rings is 1. The van der Waals surface area contributed by atoms with Crippen LogP contribution in [-0.2, 0) is 16.1 Å². The van der Waals surface area contributed by atoms with Gasteiger partial charge in [-0.3, -0.25) is 4.98 Å². The monoisotopic (exact) mass is 368 g/mol. The van der Waals surface area contributed by atoms with E-state index in [1.165, 1.54) is 11.1 Å². The second-order valence-electron chi connectivity index (χ2n) is 8.12. The lowest BCUT2D eigenvalue weighted by Gasteiger charge is -2.32. The summed E-state index contributed by atoms with van der Waals surface area (Å²) < 4.78 is 11.3. The molecule has 0 bridgehead atoms. The molecule has 0 spiro atoms. The molecular formula is C22H28N2O3. The number of nitrogens with one attached hydrogen (secondary N) is 1. The van der Waals surface area contributed by atoms with E-state index in [-0.39, 0.29) is 12.0 Å². The highest BCUT2D eigenvalue weighted by Crippen LogP contribution is 2.35. The third-order valence-electron chi connectivity index (χ3n) is 4.71. The number of nitrogens with zero attached hydrogens (tertiary/aromatic N) is 1. The number of carbonyl (C=O) groups is 1. The van der Waals surface area contributed by atoms with Crippen molar-refractivity contribution in [3.05, 3.63) is 53.3 Å². The molecule has 1 amide bonds. The number of hydrogen-bond donors (Lipinski definition) is 1. The van der Waals surface area contributed by atoms with Crippen molar-refractivity contribution in [1.29, 1.82) is 0 Å². The zero-order chi connectivity index (χ0) is 19.6. The maximum absolute atomic E-state index is 12.2. The number of aryl methyl sites for hydroxylation is 1. The van der Waals surface area contributed by atoms with E-state index in [1.54, 1.807) is 0 Å². The summed E-state index contributed by atoms with van der Waals surface area (Å²) >= 11 is 0. The van der Waals surface area contributed by atoms with Crippen molar-refractivity contribution >= 4 is 6.09 Å². The van der Waals surface area contributed by atoms with Crippen LogP contribution in [0, 0.1) is 6.92 Å². The molecule has 0 fully saturated rings. The first-order valence-corrected chi connectivity index (χ1v) is 9.36. The Bertz CT molecular complexity index is 827. The highest BCUT2D eigenvalue weighted by atomic mass is 16.6. The van der Waals surface area contributed by atoms with Gasteiger partial charge in [0.05, 0.1) is 13.2 Å². The van der Waals surface area contributed by atoms with Gasteiger partial charge in [-0.05, 0) is 69.0 Å². The van der Waals surface area contributed by atoms with Crippen LogP contribution in [0.2, 0.25) is 0 Å². The van der Waals surface area contributed by atoms with Crippen LogP contribution in [0.5, 0.6) is 0 Å². The van der Waals surface area contributed by atoms with Gasteiger partial charge in [0.25, 0.3) is 0 Å². The molecule has 0 radical (unpaired) electrons. The third kappa shape index (κ3) is 4.66. The van der Waals surface area contributed by atoms with E-state index in [0.29, 0.717) is 13.2 Å². The van der Waals surface area contributed by atoms with Crippen molar-refractivity contribution < 1.29 is 14.3 Å². The number of carbonyl (C=O) groups excluding carboxylic acids is 1. The average molecular weight is 368 g/mol. The van der Waals surface area contributed by atoms with Gasteiger partial charge in [-0.2, -0.15) is 0 Å². The summed E-state index contributed by atoms with van der Waals surface area (Å²) in [6, 6.07) is 10.3. The summed E-state index contributed by atoms with van der Waals surface area (Å²) in [5.41, 5.74) is 5.16. The van der Waals surface area contributed by atoms with E-state index >= 15 is 0 Å². The molecule has 2 atom stereocenters. The van der Waals surface area contributed by atoms with Crippen LogP contribution in [0.25, 0.3) is 11.1 Å². The molecule has 1 aliphatic rings. The molecule has 1 aliphatic heterocycles. The fraction of sp³-hybridized carbons (Fsp3) is 0.455. The predicted octanol–water partition coefficient (Wildman–Crippen LogP) is 4.58. The number of amides is 1. The van der Waals surface area contributed by atoms with Crippen molar-refractivity contribution in [3.63, 3.8) is 0 Å². The fourth-order valence-electron chi connectivity index (χ4n) is 3.48. The number of ether oxygens (including phenoxy) is 2. The Labute approximate surface area is 161 Å². The number of alkyl carbamates (subject to hydrolysis) is 1. The van der Waals surface area contributed by atoms with Crippen LogP contribution in [0.1, 0.15) is 50.4 Å². The molecule has 5 nitrogen and oxygen atoms in total. The molecular weight excluding hydrogens is 340 g/mol. The second kappa shape index (κ2) is 7.69. The Hall–Kier alpha value is -2.40. The summed E-state index contributed by atoms with van der Waals surface area (Å²) in [4.78, 5) is 16.5. The number of pyridine rings is 1. The van der Waals surface area contributed by atoms with Gasteiger partial charge in [0.15, 0.2) is 0 Å². The molecule has 144 valence electrons. The number of hydrogen-bond acceptors (Lipinski definition) is 4. The Morgan fingerprint density at radius 1 is 1.33 bits per heavy atom. The Morgan fingerprint density at radius 3 is 2.81 bits per heavy atom. The lowest BCUT2D eigenvalue weighted by molar-refractivity contribution is 0.0454. The Morgan fingerprint density at radius 2 is 2.11 bits per heavy atom. The molecule has 1 aromatic carbocycles. The number of fused-ring (bicyclic) bond motifs is 1. The summed E-state index contributed by atoms with van der Waals surface area (Å²) in [5.74, 6) is 0.0733. The largest absolute Gasteiger partial charge is 0.444 e. The average Bonchev–Trinajstić information content (AvgIpc) is 2.59. The van der Waals surface area contributed by atoms with Crippen LogP contribution in [0.15, 0.2) is 36.5 Å². The van der Waals surface area contributed by atoms with Crippen LogP contribution in [0.3, 0.4) is 0 Å². The van der Waals surface area contributed by atoms with Crippen LogP contribution in [-0.4, -0.2) is 29.3 Å². The van der Waals surface area contributed by atoms with E-state index in [2.05, 4.69) is 34.6 Å². The number of rotatable bonds is 3. The summed E-state index contributed by atoms with van der Waals surface area (Å²) in [6.45, 7) is 10.7. The van der Waals surface area contributed by atoms with Crippen LogP contribution in [0.4, 0.5) is 4.79 Å². The third-order valence-corrected chi connectivity index (χ3v) is 4.71. The standard InChI is InChI=1S/C22H28N2O3/c1-14-11-16(9-10-23-14)17-7-6-8-18-19(12-26-13-20(17)18)15(2)24-21(25)27-22(3,4)5/h6-11,15,19H,12-13H2,1-5H3,(H,24,25). The molecule has 0 saturated carbocycles. The predicted molar refractivity (Wildman–Crippen MR) is 106 cm³/mol. The van der Waals surface area contributed by atoms with E-state index in [0.717, 1.165) is 16.8 Å². The van der Waals surface area contributed by atoms with Gasteiger partial charge < -0.3 is 14.8 Å². The number of aromatic nitrogens is 1. The van der Waals surface area contributed by atoms with Gasteiger partial charge >= 0.3 is 6.09 Å². The van der Waals surface area contributed by atoms with Gasteiger partial charge in [-0.15, -0.1) is 0 Å². The van der Waals surface area contributed by atoms with E-state index in [1.807, 2.05) is 46.9 Å². The molecule has 27 heavy (non-hydrogen) atoms. The SMILES string of the molecule is Cc1cc(-c2cccc3c2COCC3C(C)NC(=O)OC(C)(C)C)ccn1. The molecule has 2 unspecified atom stereocenters. The first kappa shape index (κ1) is 19.4. The van der Waals surface area contributed by atoms with Crippen molar-refractivity contribution in [1.82, 2.24) is 10.3 Å². The summed E-state index contributed by atoms with van der Waals surface area (Å²) in [6.07, 6.45) is 1.43. The molecule has 0 aliphatic carbocycles.